The number of amides is 2. The number of halogens is 1. The zero-order valence-electron chi connectivity index (χ0n) is 21.6. The molecule has 2 amide bonds. The summed E-state index contributed by atoms with van der Waals surface area (Å²) in [4.78, 5) is 43.8. The molecule has 5 rings (SSSR count). The maximum atomic E-state index is 13.7. The van der Waals surface area contributed by atoms with Gasteiger partial charge >= 0.3 is 5.69 Å². The van der Waals surface area contributed by atoms with Crippen LogP contribution in [-0.4, -0.2) is 50.9 Å². The van der Waals surface area contributed by atoms with Crippen LogP contribution < -0.4 is 16.7 Å². The summed E-state index contributed by atoms with van der Waals surface area (Å²) in [6, 6.07) is 21.1. The van der Waals surface area contributed by atoms with Gasteiger partial charge in [0, 0.05) is 25.6 Å². The Morgan fingerprint density at radius 2 is 1.68 bits per heavy atom. The number of imidazole rings is 1. The number of carbonyl (C=O) groups excluding carboxylic acids is 2. The molecule has 8 nitrogen and oxygen atoms in total. The van der Waals surface area contributed by atoms with Gasteiger partial charge in [-0.05, 0) is 55.2 Å². The quantitative estimate of drug-likeness (QED) is 0.350. The van der Waals surface area contributed by atoms with Crippen molar-refractivity contribution in [3.63, 3.8) is 0 Å². The maximum absolute atomic E-state index is 13.7. The van der Waals surface area contributed by atoms with E-state index in [1.165, 1.54) is 0 Å². The minimum Gasteiger partial charge on any atom is -0.342 e. The second-order valence-electron chi connectivity index (χ2n) is 10.5. The van der Waals surface area contributed by atoms with E-state index in [1.54, 1.807) is 18.7 Å². The molecule has 1 fully saturated rings. The molecule has 0 spiro atoms. The van der Waals surface area contributed by atoms with Crippen molar-refractivity contribution in [1.82, 2.24) is 19.8 Å². The third-order valence-corrected chi connectivity index (χ3v) is 7.21. The lowest BCUT2D eigenvalue weighted by molar-refractivity contribution is -0.138. The van der Waals surface area contributed by atoms with Crippen LogP contribution >= 0.6 is 12.4 Å². The largest absolute Gasteiger partial charge is 0.342 e. The highest BCUT2D eigenvalue weighted by molar-refractivity contribution is 5.92. The predicted molar refractivity (Wildman–Crippen MR) is 153 cm³/mol. The van der Waals surface area contributed by atoms with E-state index < -0.39 is 11.6 Å². The highest BCUT2D eigenvalue weighted by Crippen LogP contribution is 2.26. The Morgan fingerprint density at radius 3 is 2.39 bits per heavy atom. The van der Waals surface area contributed by atoms with E-state index in [-0.39, 0.29) is 36.0 Å². The van der Waals surface area contributed by atoms with Crippen LogP contribution in [0, 0.1) is 0 Å². The molecule has 2 heterocycles. The summed E-state index contributed by atoms with van der Waals surface area (Å²) in [5, 5.41) is 5.11. The Labute approximate surface area is 227 Å². The van der Waals surface area contributed by atoms with Gasteiger partial charge in [0.15, 0.2) is 0 Å². The van der Waals surface area contributed by atoms with Crippen LogP contribution in [0.1, 0.15) is 38.3 Å². The Hall–Kier alpha value is -3.62. The van der Waals surface area contributed by atoms with Crippen LogP contribution in [0.3, 0.4) is 0 Å². The number of hydrogen-bond donors (Lipinski definition) is 3. The van der Waals surface area contributed by atoms with Crippen LogP contribution in [0.2, 0.25) is 0 Å². The summed E-state index contributed by atoms with van der Waals surface area (Å²) in [5.74, 6) is -0.498. The van der Waals surface area contributed by atoms with Crippen molar-refractivity contribution in [3.8, 4) is 0 Å². The Bertz CT molecular complexity index is 1510. The molecule has 38 heavy (non-hydrogen) atoms. The van der Waals surface area contributed by atoms with Gasteiger partial charge in [-0.25, -0.2) is 4.79 Å². The molecule has 4 N–H and O–H groups in total. The van der Waals surface area contributed by atoms with Gasteiger partial charge in [0.2, 0.25) is 11.8 Å². The first-order valence-corrected chi connectivity index (χ1v) is 12.8. The molecule has 3 aromatic carbocycles. The monoisotopic (exact) mass is 535 g/mol. The Balaban J connectivity index is 0.00000336. The number of piperidine rings is 1. The van der Waals surface area contributed by atoms with Crippen LogP contribution in [0.4, 0.5) is 0 Å². The van der Waals surface area contributed by atoms with E-state index in [9.17, 15) is 14.4 Å². The molecule has 1 atom stereocenters. The van der Waals surface area contributed by atoms with Gasteiger partial charge in [-0.15, -0.1) is 12.4 Å². The predicted octanol–water partition coefficient (Wildman–Crippen LogP) is 3.53. The van der Waals surface area contributed by atoms with Crippen molar-refractivity contribution in [2.24, 2.45) is 5.73 Å². The number of nitrogens with one attached hydrogen (secondary N) is 2. The molecular formula is C29H34ClN5O3. The molecule has 0 unspecified atom stereocenters. The second-order valence-corrected chi connectivity index (χ2v) is 10.5. The van der Waals surface area contributed by atoms with E-state index in [0.717, 1.165) is 27.4 Å². The molecule has 1 saturated heterocycles. The fraction of sp³-hybridized carbons (Fsp3) is 0.345. The summed E-state index contributed by atoms with van der Waals surface area (Å²) in [7, 11) is 0. The summed E-state index contributed by atoms with van der Waals surface area (Å²) in [5.41, 5.74) is 7.46. The van der Waals surface area contributed by atoms with E-state index in [2.05, 4.69) is 16.4 Å². The highest BCUT2D eigenvalue weighted by atomic mass is 35.5. The number of benzene rings is 3. The van der Waals surface area contributed by atoms with Crippen LogP contribution in [0.5, 0.6) is 0 Å². The smallest absolute Gasteiger partial charge is 0.326 e. The lowest BCUT2D eigenvalue weighted by atomic mass is 9.98. The lowest BCUT2D eigenvalue weighted by Gasteiger charge is -2.35. The SMILES string of the molecule is CC(C)(N)C(=O)N[C@H](Cc1ccc2ccccc2c1)C(=O)N1CCC(n2c(=O)[nH]c3ccccc32)CC1.Cl. The number of nitrogens with two attached hydrogens (primary N) is 1. The number of para-hydroxylation sites is 2. The number of H-pyrrole nitrogens is 1. The van der Waals surface area contributed by atoms with E-state index in [0.29, 0.717) is 32.4 Å². The second kappa shape index (κ2) is 11.0. The average molecular weight is 536 g/mol. The normalized spacial score (nSPS) is 15.3. The minimum atomic E-state index is -1.11. The van der Waals surface area contributed by atoms with Gasteiger partial charge in [-0.2, -0.15) is 0 Å². The Morgan fingerprint density at radius 1 is 1.03 bits per heavy atom. The zero-order valence-corrected chi connectivity index (χ0v) is 22.5. The van der Waals surface area contributed by atoms with Gasteiger partial charge < -0.3 is 20.9 Å². The number of likely N-dealkylation sites (tertiary alicyclic amines) is 1. The van der Waals surface area contributed by atoms with Crippen LogP contribution in [0.15, 0.2) is 71.5 Å². The highest BCUT2D eigenvalue weighted by Gasteiger charge is 2.33. The van der Waals surface area contributed by atoms with E-state index >= 15 is 0 Å². The molecule has 0 aliphatic carbocycles. The number of aromatic nitrogens is 2. The number of hydrogen-bond acceptors (Lipinski definition) is 4. The Kier molecular flexibility index (Phi) is 7.94. The molecule has 1 aromatic heterocycles. The summed E-state index contributed by atoms with van der Waals surface area (Å²) >= 11 is 0. The molecule has 0 saturated carbocycles. The van der Waals surface area contributed by atoms with Crippen molar-refractivity contribution in [1.29, 1.82) is 0 Å². The van der Waals surface area contributed by atoms with Crippen LogP contribution in [0.25, 0.3) is 21.8 Å². The summed E-state index contributed by atoms with van der Waals surface area (Å²) in [6.07, 6.45) is 1.69. The molecule has 9 heteroatoms. The van der Waals surface area contributed by atoms with Gasteiger partial charge in [-0.1, -0.05) is 54.6 Å². The number of aromatic amines is 1. The summed E-state index contributed by atoms with van der Waals surface area (Å²) in [6.45, 7) is 4.27. The molecule has 1 aliphatic rings. The number of nitrogens with zero attached hydrogens (tertiary/aromatic N) is 2. The third kappa shape index (κ3) is 5.61. The molecule has 4 aromatic rings. The lowest BCUT2D eigenvalue weighted by Crippen LogP contribution is -2.57. The average Bonchev–Trinajstić information content (AvgIpc) is 3.23. The number of carbonyl (C=O) groups is 2. The van der Waals surface area contributed by atoms with Gasteiger partial charge in [0.25, 0.3) is 0 Å². The van der Waals surface area contributed by atoms with Gasteiger partial charge in [0.1, 0.15) is 6.04 Å². The summed E-state index contributed by atoms with van der Waals surface area (Å²) < 4.78 is 1.81. The van der Waals surface area contributed by atoms with Gasteiger partial charge in [-0.3, -0.25) is 14.2 Å². The first kappa shape index (κ1) is 27.4. The van der Waals surface area contributed by atoms with Crippen molar-refractivity contribution in [3.05, 3.63) is 82.8 Å². The maximum Gasteiger partial charge on any atom is 0.326 e. The fourth-order valence-corrected chi connectivity index (χ4v) is 5.15. The van der Waals surface area contributed by atoms with Crippen molar-refractivity contribution < 1.29 is 9.59 Å². The standard InChI is InChI=1S/C29H33N5O3.ClH/c1-29(2,30)27(36)31-24(18-19-11-12-20-7-3-4-8-21(20)17-19)26(35)33-15-13-22(14-16-33)34-25-10-6-5-9-23(25)32-28(34)37;/h3-12,17,22,24H,13-16,18,30H2,1-2H3,(H,31,36)(H,32,37);1H/t24-;/m1./s1. The van der Waals surface area contributed by atoms with E-state index in [4.69, 9.17) is 5.73 Å². The molecular weight excluding hydrogens is 502 g/mol. The first-order chi connectivity index (χ1) is 17.7. The van der Waals surface area contributed by atoms with E-state index in [1.807, 2.05) is 65.2 Å². The van der Waals surface area contributed by atoms with Crippen LogP contribution in [-0.2, 0) is 16.0 Å². The first-order valence-electron chi connectivity index (χ1n) is 12.8. The zero-order chi connectivity index (χ0) is 26.2. The topological polar surface area (TPSA) is 113 Å². The third-order valence-electron chi connectivity index (χ3n) is 7.21. The van der Waals surface area contributed by atoms with Crippen molar-refractivity contribution in [2.45, 2.75) is 50.7 Å². The van der Waals surface area contributed by atoms with Gasteiger partial charge in [0.05, 0.1) is 16.6 Å². The molecule has 1 aliphatic heterocycles. The number of fused-ring (bicyclic) bond motifs is 2. The molecule has 200 valence electrons. The minimum absolute atomic E-state index is 0. The van der Waals surface area contributed by atoms with Crippen molar-refractivity contribution >= 4 is 46.0 Å². The fourth-order valence-electron chi connectivity index (χ4n) is 5.15. The van der Waals surface area contributed by atoms with Crippen molar-refractivity contribution in [2.75, 3.05) is 13.1 Å². The molecule has 0 bridgehead atoms. The number of rotatable bonds is 6. The molecule has 0 radical (unpaired) electrons.